The third kappa shape index (κ3) is 3.58. The molecule has 0 bridgehead atoms. The molecule has 0 spiro atoms. The summed E-state index contributed by atoms with van der Waals surface area (Å²) in [5, 5.41) is 9.71. The Hall–Kier alpha value is -1.58. The van der Waals surface area contributed by atoms with Crippen LogP contribution in [0.2, 0.25) is 0 Å². The van der Waals surface area contributed by atoms with Gasteiger partial charge >= 0.3 is 0 Å². The molecule has 82 valence electrons. The van der Waals surface area contributed by atoms with Crippen molar-refractivity contribution in [2.75, 3.05) is 6.54 Å². The molecule has 1 rings (SSSR count). The van der Waals surface area contributed by atoms with Crippen LogP contribution in [0.15, 0.2) is 34.6 Å². The quantitative estimate of drug-likeness (QED) is 0.424. The summed E-state index contributed by atoms with van der Waals surface area (Å²) in [6.07, 6.45) is 8.96. The zero-order valence-corrected chi connectivity index (χ0v) is 9.19. The van der Waals surface area contributed by atoms with Gasteiger partial charge in [-0.25, -0.2) is 0 Å². The van der Waals surface area contributed by atoms with E-state index in [4.69, 9.17) is 5.84 Å². The van der Waals surface area contributed by atoms with Crippen molar-refractivity contribution in [1.29, 1.82) is 0 Å². The first-order valence-corrected chi connectivity index (χ1v) is 5.21. The van der Waals surface area contributed by atoms with Crippen molar-refractivity contribution in [3.63, 3.8) is 0 Å². The minimum atomic E-state index is 0.579. The second kappa shape index (κ2) is 6.01. The second-order valence-electron chi connectivity index (χ2n) is 3.43. The maximum Gasteiger partial charge on any atom is 0.0786 e. The van der Waals surface area contributed by atoms with Crippen LogP contribution in [-0.2, 0) is 0 Å². The van der Waals surface area contributed by atoms with Crippen LogP contribution >= 0.6 is 0 Å². The zero-order valence-electron chi connectivity index (χ0n) is 9.19. The Balaban J connectivity index is 2.58. The average molecular weight is 206 g/mol. The van der Waals surface area contributed by atoms with Gasteiger partial charge in [0.05, 0.1) is 18.0 Å². The fourth-order valence-corrected chi connectivity index (χ4v) is 1.30. The zero-order chi connectivity index (χ0) is 11.1. The summed E-state index contributed by atoms with van der Waals surface area (Å²) >= 11 is 0. The molecule has 0 aliphatic carbocycles. The van der Waals surface area contributed by atoms with E-state index in [0.29, 0.717) is 6.54 Å². The first-order chi connectivity index (χ1) is 7.27. The first kappa shape index (κ1) is 11.5. The molecule has 0 atom stereocenters. The molecule has 4 heteroatoms. The predicted octanol–water partition coefficient (Wildman–Crippen LogP) is 1.86. The molecule has 0 aromatic heterocycles. The van der Waals surface area contributed by atoms with Crippen molar-refractivity contribution >= 4 is 11.9 Å². The number of rotatable bonds is 5. The van der Waals surface area contributed by atoms with Gasteiger partial charge in [0.25, 0.3) is 0 Å². The second-order valence-corrected chi connectivity index (χ2v) is 3.43. The lowest BCUT2D eigenvalue weighted by Gasteiger charge is -2.21. The summed E-state index contributed by atoms with van der Waals surface area (Å²) in [4.78, 5) is 0. The average Bonchev–Trinajstić information content (AvgIpc) is 2.26. The van der Waals surface area contributed by atoms with Gasteiger partial charge in [-0.05, 0) is 25.0 Å². The Morgan fingerprint density at radius 3 is 3.07 bits per heavy atom. The number of hydrogen-bond donors (Lipinski definition) is 1. The van der Waals surface area contributed by atoms with Crippen LogP contribution in [0, 0.1) is 0 Å². The van der Waals surface area contributed by atoms with Crippen molar-refractivity contribution in [2.24, 2.45) is 16.0 Å². The first-order valence-electron chi connectivity index (χ1n) is 5.21. The maximum atomic E-state index is 5.05. The van der Waals surface area contributed by atoms with Crippen molar-refractivity contribution < 1.29 is 0 Å². The Morgan fingerprint density at radius 2 is 2.40 bits per heavy atom. The van der Waals surface area contributed by atoms with E-state index in [-0.39, 0.29) is 0 Å². The van der Waals surface area contributed by atoms with E-state index in [9.17, 15) is 0 Å². The Kier molecular flexibility index (Phi) is 4.60. The number of unbranched alkanes of at least 4 members (excludes halogenated alkanes) is 1. The number of hydrazone groups is 2. The van der Waals surface area contributed by atoms with Gasteiger partial charge in [0.1, 0.15) is 0 Å². The highest BCUT2D eigenvalue weighted by atomic mass is 15.5. The normalized spacial score (nSPS) is 16.2. The van der Waals surface area contributed by atoms with Gasteiger partial charge in [0.15, 0.2) is 0 Å². The minimum Gasteiger partial charge on any atom is -0.324 e. The van der Waals surface area contributed by atoms with E-state index in [0.717, 1.165) is 24.3 Å². The minimum absolute atomic E-state index is 0.579. The van der Waals surface area contributed by atoms with Gasteiger partial charge < -0.3 is 5.84 Å². The summed E-state index contributed by atoms with van der Waals surface area (Å²) < 4.78 is 0. The molecule has 0 amide bonds. The maximum absolute atomic E-state index is 5.05. The molecule has 0 aromatic carbocycles. The Labute approximate surface area is 90.8 Å². The Bertz CT molecular complexity index is 302. The van der Waals surface area contributed by atoms with Gasteiger partial charge in [0.2, 0.25) is 0 Å². The van der Waals surface area contributed by atoms with E-state index >= 15 is 0 Å². The molecule has 1 heterocycles. The summed E-state index contributed by atoms with van der Waals surface area (Å²) in [6.45, 7) is 6.64. The lowest BCUT2D eigenvalue weighted by molar-refractivity contribution is 0.429. The van der Waals surface area contributed by atoms with E-state index in [1.54, 1.807) is 11.2 Å². The van der Waals surface area contributed by atoms with Gasteiger partial charge in [-0.15, -0.1) is 0 Å². The van der Waals surface area contributed by atoms with Crippen LogP contribution in [-0.4, -0.2) is 23.5 Å². The third-order valence-corrected chi connectivity index (χ3v) is 2.20. The molecule has 0 unspecified atom stereocenters. The van der Waals surface area contributed by atoms with E-state index < -0.39 is 0 Å². The van der Waals surface area contributed by atoms with Crippen LogP contribution in [0.25, 0.3) is 0 Å². The van der Waals surface area contributed by atoms with Crippen molar-refractivity contribution in [2.45, 2.75) is 26.2 Å². The van der Waals surface area contributed by atoms with Crippen molar-refractivity contribution in [3.8, 4) is 0 Å². The lowest BCUT2D eigenvalue weighted by atomic mass is 10.1. The van der Waals surface area contributed by atoms with E-state index in [2.05, 4.69) is 23.7 Å². The largest absolute Gasteiger partial charge is 0.324 e. The van der Waals surface area contributed by atoms with Gasteiger partial charge in [-0.2, -0.15) is 10.2 Å². The Morgan fingerprint density at radius 1 is 1.60 bits per heavy atom. The van der Waals surface area contributed by atoms with Gasteiger partial charge in [0, 0.05) is 6.21 Å². The fraction of sp³-hybridized carbons (Fsp3) is 0.455. The molecular formula is C11H18N4. The van der Waals surface area contributed by atoms with Crippen LogP contribution in [0.4, 0.5) is 0 Å². The van der Waals surface area contributed by atoms with Crippen molar-refractivity contribution in [3.05, 3.63) is 24.4 Å². The number of allylic oxidation sites excluding steroid dienone is 2. The van der Waals surface area contributed by atoms with Crippen LogP contribution in [0.1, 0.15) is 26.2 Å². The smallest absolute Gasteiger partial charge is 0.0786 e. The summed E-state index contributed by atoms with van der Waals surface area (Å²) in [6, 6.07) is 0. The number of nitrogens with zero attached hydrogens (tertiary/aromatic N) is 3. The van der Waals surface area contributed by atoms with Crippen LogP contribution in [0.3, 0.4) is 0 Å². The van der Waals surface area contributed by atoms with Crippen LogP contribution in [0.5, 0.6) is 0 Å². The molecule has 1 aliphatic rings. The topological polar surface area (TPSA) is 54.0 Å². The molecule has 4 nitrogen and oxygen atoms in total. The molecule has 0 fully saturated rings. The molecule has 1 aliphatic heterocycles. The SMILES string of the molecule is C=C1C=CC(CCCC)=NN1C/C=N\N. The third-order valence-electron chi connectivity index (χ3n) is 2.20. The molecule has 15 heavy (non-hydrogen) atoms. The molecule has 0 saturated carbocycles. The highest BCUT2D eigenvalue weighted by Crippen LogP contribution is 2.12. The predicted molar refractivity (Wildman–Crippen MR) is 64.6 cm³/mol. The molecule has 0 radical (unpaired) electrons. The van der Waals surface area contributed by atoms with Crippen LogP contribution < -0.4 is 5.84 Å². The lowest BCUT2D eigenvalue weighted by Crippen LogP contribution is -2.22. The summed E-state index contributed by atoms with van der Waals surface area (Å²) in [7, 11) is 0. The monoisotopic (exact) mass is 206 g/mol. The van der Waals surface area contributed by atoms with Gasteiger partial charge in [-0.1, -0.05) is 19.9 Å². The molecular weight excluding hydrogens is 188 g/mol. The standard InChI is InChI=1S/C11H18N4/c1-3-4-5-11-7-6-10(2)15(14-11)9-8-13-12/h6-8H,2-5,9,12H2,1H3/b13-8-. The number of hydrogen-bond acceptors (Lipinski definition) is 4. The van der Waals surface area contributed by atoms with E-state index in [1.165, 1.54) is 6.42 Å². The molecule has 0 aromatic rings. The fourth-order valence-electron chi connectivity index (χ4n) is 1.30. The molecule has 0 saturated heterocycles. The molecule has 2 N–H and O–H groups in total. The summed E-state index contributed by atoms with van der Waals surface area (Å²) in [5.41, 5.74) is 1.96. The van der Waals surface area contributed by atoms with E-state index in [1.807, 2.05) is 12.2 Å². The van der Waals surface area contributed by atoms with Gasteiger partial charge in [-0.3, -0.25) is 5.01 Å². The summed E-state index contributed by atoms with van der Waals surface area (Å²) in [5.74, 6) is 5.05. The van der Waals surface area contributed by atoms with Crippen molar-refractivity contribution in [1.82, 2.24) is 5.01 Å². The highest BCUT2D eigenvalue weighted by Gasteiger charge is 2.08. The number of nitrogens with two attached hydrogens (primary N) is 1. The highest BCUT2D eigenvalue weighted by molar-refractivity contribution is 5.95.